The molecule has 0 fully saturated rings. The van der Waals surface area contributed by atoms with Crippen LogP contribution in [0.2, 0.25) is 0 Å². The zero-order chi connectivity index (χ0) is 13.2. The van der Waals surface area contributed by atoms with E-state index in [1.54, 1.807) is 18.4 Å². The first-order chi connectivity index (χ1) is 9.24. The van der Waals surface area contributed by atoms with Crippen LogP contribution < -0.4 is 4.74 Å². The predicted molar refractivity (Wildman–Crippen MR) is 73.4 cm³/mol. The molecular formula is C16H14O3. The fourth-order valence-corrected chi connectivity index (χ4v) is 2.04. The third-order valence-electron chi connectivity index (χ3n) is 3.07. The number of phenols is 1. The molecular weight excluding hydrogens is 240 g/mol. The molecule has 19 heavy (non-hydrogen) atoms. The molecule has 2 aromatic carbocycles. The summed E-state index contributed by atoms with van der Waals surface area (Å²) in [5.41, 5.74) is 2.70. The number of fused-ring (bicyclic) bond motifs is 1. The van der Waals surface area contributed by atoms with Crippen molar-refractivity contribution < 1.29 is 14.3 Å². The molecule has 0 amide bonds. The van der Waals surface area contributed by atoms with E-state index >= 15 is 0 Å². The summed E-state index contributed by atoms with van der Waals surface area (Å²) in [5, 5.41) is 10.6. The normalized spacial score (nSPS) is 10.8. The molecule has 1 heterocycles. The maximum absolute atomic E-state index is 9.86. The van der Waals surface area contributed by atoms with Crippen molar-refractivity contribution in [2.24, 2.45) is 0 Å². The lowest BCUT2D eigenvalue weighted by molar-refractivity contribution is 0.305. The average molecular weight is 254 g/mol. The Morgan fingerprint density at radius 3 is 2.68 bits per heavy atom. The number of hydrogen-bond donors (Lipinski definition) is 1. The van der Waals surface area contributed by atoms with Gasteiger partial charge >= 0.3 is 0 Å². The lowest BCUT2D eigenvalue weighted by Gasteiger charge is -2.05. The SMILES string of the molecule is Cc1ccc(OCc2coc3cccc(O)c23)cc1. The Labute approximate surface area is 111 Å². The molecule has 1 N–H and O–H groups in total. The highest BCUT2D eigenvalue weighted by Gasteiger charge is 2.10. The summed E-state index contributed by atoms with van der Waals surface area (Å²) in [6, 6.07) is 13.1. The van der Waals surface area contributed by atoms with Crippen LogP contribution in [0.5, 0.6) is 11.5 Å². The molecule has 3 nitrogen and oxygen atoms in total. The van der Waals surface area contributed by atoms with Crippen molar-refractivity contribution in [3.8, 4) is 11.5 Å². The minimum absolute atomic E-state index is 0.216. The van der Waals surface area contributed by atoms with E-state index in [1.165, 1.54) is 5.56 Å². The van der Waals surface area contributed by atoms with Gasteiger partial charge in [-0.05, 0) is 31.2 Å². The van der Waals surface area contributed by atoms with E-state index in [0.29, 0.717) is 12.2 Å². The molecule has 0 radical (unpaired) electrons. The zero-order valence-corrected chi connectivity index (χ0v) is 10.6. The third kappa shape index (κ3) is 2.27. The van der Waals surface area contributed by atoms with Gasteiger partial charge in [-0.15, -0.1) is 0 Å². The van der Waals surface area contributed by atoms with E-state index < -0.39 is 0 Å². The number of benzene rings is 2. The van der Waals surface area contributed by atoms with Crippen LogP contribution in [0.15, 0.2) is 53.1 Å². The summed E-state index contributed by atoms with van der Waals surface area (Å²) in [6.45, 7) is 2.40. The lowest BCUT2D eigenvalue weighted by Crippen LogP contribution is -1.94. The number of ether oxygens (including phenoxy) is 1. The van der Waals surface area contributed by atoms with Gasteiger partial charge in [0.25, 0.3) is 0 Å². The Morgan fingerprint density at radius 1 is 1.11 bits per heavy atom. The van der Waals surface area contributed by atoms with E-state index in [4.69, 9.17) is 9.15 Å². The van der Waals surface area contributed by atoms with E-state index in [2.05, 4.69) is 0 Å². The molecule has 1 aromatic heterocycles. The number of phenolic OH excluding ortho intramolecular Hbond substituents is 1. The summed E-state index contributed by atoms with van der Waals surface area (Å²) >= 11 is 0. The molecule has 0 atom stereocenters. The predicted octanol–water partition coefficient (Wildman–Crippen LogP) is 4.03. The van der Waals surface area contributed by atoms with Gasteiger partial charge in [-0.25, -0.2) is 0 Å². The Morgan fingerprint density at radius 2 is 1.89 bits per heavy atom. The smallest absolute Gasteiger partial charge is 0.138 e. The average Bonchev–Trinajstić information content (AvgIpc) is 2.83. The van der Waals surface area contributed by atoms with Crippen molar-refractivity contribution in [2.75, 3.05) is 0 Å². The van der Waals surface area contributed by atoms with Gasteiger partial charge in [-0.2, -0.15) is 0 Å². The minimum atomic E-state index is 0.216. The van der Waals surface area contributed by atoms with E-state index in [9.17, 15) is 5.11 Å². The maximum Gasteiger partial charge on any atom is 0.138 e. The van der Waals surface area contributed by atoms with Crippen molar-refractivity contribution >= 4 is 11.0 Å². The van der Waals surface area contributed by atoms with Crippen LogP contribution >= 0.6 is 0 Å². The topological polar surface area (TPSA) is 42.6 Å². The van der Waals surface area contributed by atoms with Crippen LogP contribution in [-0.4, -0.2) is 5.11 Å². The number of rotatable bonds is 3. The fourth-order valence-electron chi connectivity index (χ4n) is 2.04. The van der Waals surface area contributed by atoms with E-state index in [1.807, 2.05) is 37.3 Å². The van der Waals surface area contributed by atoms with Gasteiger partial charge in [0.1, 0.15) is 23.7 Å². The van der Waals surface area contributed by atoms with Crippen LogP contribution in [-0.2, 0) is 6.61 Å². The molecule has 0 bridgehead atoms. The van der Waals surface area contributed by atoms with Crippen molar-refractivity contribution in [3.63, 3.8) is 0 Å². The van der Waals surface area contributed by atoms with Gasteiger partial charge in [0, 0.05) is 5.56 Å². The first-order valence-electron chi connectivity index (χ1n) is 6.11. The molecule has 0 aliphatic rings. The summed E-state index contributed by atoms with van der Waals surface area (Å²) in [5.74, 6) is 1.02. The summed E-state index contributed by atoms with van der Waals surface area (Å²) < 4.78 is 11.1. The van der Waals surface area contributed by atoms with Crippen LogP contribution in [0.3, 0.4) is 0 Å². The molecule has 0 unspecified atom stereocenters. The second-order valence-electron chi connectivity index (χ2n) is 4.51. The van der Waals surface area contributed by atoms with Crippen molar-refractivity contribution in [2.45, 2.75) is 13.5 Å². The van der Waals surface area contributed by atoms with Crippen LogP contribution in [0.25, 0.3) is 11.0 Å². The minimum Gasteiger partial charge on any atom is -0.507 e. The quantitative estimate of drug-likeness (QED) is 0.767. The van der Waals surface area contributed by atoms with E-state index in [0.717, 1.165) is 16.7 Å². The van der Waals surface area contributed by atoms with Crippen LogP contribution in [0.4, 0.5) is 0 Å². The number of aromatic hydroxyl groups is 1. The standard InChI is InChI=1S/C16H14O3/c1-11-5-7-13(8-6-11)18-9-12-10-19-15-4-2-3-14(17)16(12)15/h2-8,10,17H,9H2,1H3. The largest absolute Gasteiger partial charge is 0.507 e. The molecule has 0 saturated carbocycles. The Balaban J connectivity index is 1.84. The highest BCUT2D eigenvalue weighted by molar-refractivity contribution is 5.87. The van der Waals surface area contributed by atoms with Gasteiger partial charge < -0.3 is 14.3 Å². The van der Waals surface area contributed by atoms with E-state index in [-0.39, 0.29) is 5.75 Å². The van der Waals surface area contributed by atoms with Crippen molar-refractivity contribution in [1.82, 2.24) is 0 Å². The van der Waals surface area contributed by atoms with Gasteiger partial charge in [-0.1, -0.05) is 23.8 Å². The molecule has 3 aromatic rings. The molecule has 0 saturated heterocycles. The van der Waals surface area contributed by atoms with Gasteiger partial charge in [0.15, 0.2) is 0 Å². The molecule has 0 aliphatic heterocycles. The van der Waals surface area contributed by atoms with Crippen LogP contribution in [0, 0.1) is 6.92 Å². The number of furan rings is 1. The summed E-state index contributed by atoms with van der Waals surface area (Å²) in [6.07, 6.45) is 1.62. The third-order valence-corrected chi connectivity index (χ3v) is 3.07. The zero-order valence-electron chi connectivity index (χ0n) is 10.6. The van der Waals surface area contributed by atoms with Gasteiger partial charge in [-0.3, -0.25) is 0 Å². The molecule has 0 spiro atoms. The highest BCUT2D eigenvalue weighted by atomic mass is 16.5. The maximum atomic E-state index is 9.86. The number of aryl methyl sites for hydroxylation is 1. The molecule has 3 rings (SSSR count). The van der Waals surface area contributed by atoms with Crippen molar-refractivity contribution in [1.29, 1.82) is 0 Å². The summed E-state index contributed by atoms with van der Waals surface area (Å²) in [7, 11) is 0. The second-order valence-corrected chi connectivity index (χ2v) is 4.51. The Bertz CT molecular complexity index is 696. The van der Waals surface area contributed by atoms with Gasteiger partial charge in [0.05, 0.1) is 11.6 Å². The lowest BCUT2D eigenvalue weighted by atomic mass is 10.1. The second kappa shape index (κ2) is 4.69. The van der Waals surface area contributed by atoms with Crippen LogP contribution in [0.1, 0.15) is 11.1 Å². The fraction of sp³-hybridized carbons (Fsp3) is 0.125. The van der Waals surface area contributed by atoms with Gasteiger partial charge in [0.2, 0.25) is 0 Å². The Kier molecular flexibility index (Phi) is 2.88. The first-order valence-corrected chi connectivity index (χ1v) is 6.11. The Hall–Kier alpha value is -2.42. The number of hydrogen-bond acceptors (Lipinski definition) is 3. The highest BCUT2D eigenvalue weighted by Crippen LogP contribution is 2.30. The molecule has 0 aliphatic carbocycles. The monoisotopic (exact) mass is 254 g/mol. The van der Waals surface area contributed by atoms with Crippen molar-refractivity contribution in [3.05, 3.63) is 59.9 Å². The summed E-state index contributed by atoms with van der Waals surface area (Å²) in [4.78, 5) is 0. The molecule has 3 heteroatoms. The first kappa shape index (κ1) is 11.7. The molecule has 96 valence electrons.